The zero-order valence-electron chi connectivity index (χ0n) is 17.1. The molecular formula is C21H23ClN6O3. The van der Waals surface area contributed by atoms with Crippen molar-refractivity contribution in [1.29, 1.82) is 0 Å². The van der Waals surface area contributed by atoms with Crippen LogP contribution in [0.15, 0.2) is 30.5 Å². The molecule has 0 bridgehead atoms. The first-order valence-electron chi connectivity index (χ1n) is 10.0. The summed E-state index contributed by atoms with van der Waals surface area (Å²) in [4.78, 5) is 31.6. The number of benzene rings is 1. The van der Waals surface area contributed by atoms with E-state index < -0.39 is 5.91 Å². The van der Waals surface area contributed by atoms with E-state index in [2.05, 4.69) is 20.5 Å². The van der Waals surface area contributed by atoms with Gasteiger partial charge in [-0.1, -0.05) is 23.7 Å². The minimum atomic E-state index is -0.491. The molecule has 4 rings (SSSR count). The van der Waals surface area contributed by atoms with Crippen LogP contribution in [0, 0.1) is 6.92 Å². The molecule has 3 N–H and O–H groups in total. The average Bonchev–Trinajstić information content (AvgIpc) is 3.42. The highest BCUT2D eigenvalue weighted by Gasteiger charge is 2.23. The van der Waals surface area contributed by atoms with Gasteiger partial charge in [0.25, 0.3) is 11.8 Å². The second kappa shape index (κ2) is 8.81. The molecule has 3 aromatic rings. The van der Waals surface area contributed by atoms with Crippen molar-refractivity contribution in [2.75, 3.05) is 13.1 Å². The Kier molecular flexibility index (Phi) is 5.94. The molecule has 0 saturated carbocycles. The molecule has 0 radical (unpaired) electrons. The van der Waals surface area contributed by atoms with Gasteiger partial charge in [-0.25, -0.2) is 4.98 Å². The lowest BCUT2D eigenvalue weighted by Crippen LogP contribution is -2.38. The molecule has 1 aromatic carbocycles. The molecular weight excluding hydrogens is 420 g/mol. The Morgan fingerprint density at radius 1 is 1.39 bits per heavy atom. The van der Waals surface area contributed by atoms with E-state index >= 15 is 0 Å². The number of halogens is 1. The van der Waals surface area contributed by atoms with Crippen molar-refractivity contribution >= 4 is 23.4 Å². The first-order valence-corrected chi connectivity index (χ1v) is 10.4. The maximum atomic E-state index is 13.2. The van der Waals surface area contributed by atoms with Crippen LogP contribution in [0.25, 0.3) is 0 Å². The molecule has 2 aromatic heterocycles. The molecule has 2 amide bonds. The number of aromatic nitrogens is 4. The van der Waals surface area contributed by atoms with Crippen molar-refractivity contribution in [3.8, 4) is 5.75 Å². The number of aromatic hydroxyl groups is 1. The van der Waals surface area contributed by atoms with Crippen LogP contribution in [0.5, 0.6) is 5.75 Å². The Bertz CT molecular complexity index is 1100. The van der Waals surface area contributed by atoms with Crippen LogP contribution in [0.4, 0.5) is 0 Å². The van der Waals surface area contributed by atoms with E-state index in [0.717, 1.165) is 30.8 Å². The van der Waals surface area contributed by atoms with E-state index in [-0.39, 0.29) is 30.4 Å². The lowest BCUT2D eigenvalue weighted by Gasteiger charge is -2.22. The normalized spacial score (nSPS) is 12.6. The number of nitrogens with one attached hydrogen (secondary N) is 2. The highest BCUT2D eigenvalue weighted by molar-refractivity contribution is 6.30. The maximum Gasteiger partial charge on any atom is 0.274 e. The van der Waals surface area contributed by atoms with E-state index in [1.54, 1.807) is 30.2 Å². The van der Waals surface area contributed by atoms with Crippen molar-refractivity contribution in [2.24, 2.45) is 0 Å². The quantitative estimate of drug-likeness (QED) is 0.519. The van der Waals surface area contributed by atoms with Gasteiger partial charge in [-0.2, -0.15) is 5.10 Å². The summed E-state index contributed by atoms with van der Waals surface area (Å²) in [5.41, 5.74) is 1.61. The Labute approximate surface area is 184 Å². The van der Waals surface area contributed by atoms with Crippen LogP contribution in [0.1, 0.15) is 44.5 Å². The molecule has 0 aliphatic carbocycles. The van der Waals surface area contributed by atoms with E-state index in [1.165, 1.54) is 0 Å². The number of H-pyrrole nitrogens is 1. The van der Waals surface area contributed by atoms with Gasteiger partial charge in [0, 0.05) is 43.8 Å². The largest absolute Gasteiger partial charge is 0.504 e. The number of aryl methyl sites for hydroxylation is 3. The SMILES string of the molecule is Cc1n[nH]c(C(=O)NCCN(Cc2cccc(Cl)c2)C(=O)c2cn3c(n2)CCC3)c1O. The summed E-state index contributed by atoms with van der Waals surface area (Å²) in [7, 11) is 0. The van der Waals surface area contributed by atoms with Crippen LogP contribution >= 0.6 is 11.6 Å². The van der Waals surface area contributed by atoms with Crippen molar-refractivity contribution in [2.45, 2.75) is 32.9 Å². The molecule has 0 atom stereocenters. The maximum absolute atomic E-state index is 13.2. The van der Waals surface area contributed by atoms with Crippen LogP contribution in [-0.2, 0) is 19.5 Å². The fraction of sp³-hybridized carbons (Fsp3) is 0.333. The number of hydrogen-bond donors (Lipinski definition) is 3. The molecule has 10 heteroatoms. The lowest BCUT2D eigenvalue weighted by atomic mass is 10.2. The van der Waals surface area contributed by atoms with Crippen molar-refractivity contribution < 1.29 is 14.7 Å². The van der Waals surface area contributed by atoms with Crippen LogP contribution in [0.2, 0.25) is 5.02 Å². The second-order valence-electron chi connectivity index (χ2n) is 7.48. The molecule has 0 saturated heterocycles. The Morgan fingerprint density at radius 2 is 2.23 bits per heavy atom. The molecule has 3 heterocycles. The van der Waals surface area contributed by atoms with E-state index in [1.807, 2.05) is 16.7 Å². The summed E-state index contributed by atoms with van der Waals surface area (Å²) in [6, 6.07) is 7.30. The number of rotatable bonds is 7. The van der Waals surface area contributed by atoms with E-state index in [4.69, 9.17) is 11.6 Å². The summed E-state index contributed by atoms with van der Waals surface area (Å²) < 4.78 is 2.01. The zero-order chi connectivity index (χ0) is 22.0. The van der Waals surface area contributed by atoms with Crippen LogP contribution < -0.4 is 5.32 Å². The molecule has 1 aliphatic rings. The number of amides is 2. The number of carbonyl (C=O) groups is 2. The molecule has 0 spiro atoms. The smallest absolute Gasteiger partial charge is 0.274 e. The number of imidazole rings is 1. The summed E-state index contributed by atoms with van der Waals surface area (Å²) in [6.07, 6.45) is 3.69. The Hall–Kier alpha value is -3.33. The van der Waals surface area contributed by atoms with Gasteiger partial charge in [0.05, 0.1) is 0 Å². The highest BCUT2D eigenvalue weighted by atomic mass is 35.5. The monoisotopic (exact) mass is 442 g/mol. The Balaban J connectivity index is 1.47. The number of fused-ring (bicyclic) bond motifs is 1. The highest BCUT2D eigenvalue weighted by Crippen LogP contribution is 2.19. The molecule has 0 unspecified atom stereocenters. The van der Waals surface area contributed by atoms with Crippen molar-refractivity contribution in [3.05, 3.63) is 64.0 Å². The standard InChI is InChI=1S/C21H23ClN6O3/c1-13-19(29)18(26-25-13)20(30)23-7-9-28(11-14-4-2-5-15(22)10-14)21(31)16-12-27-8-3-6-17(27)24-16/h2,4-5,10,12,29H,3,6-9,11H2,1H3,(H,23,30)(H,25,26). The van der Waals surface area contributed by atoms with Gasteiger partial charge >= 0.3 is 0 Å². The minimum absolute atomic E-state index is 0.00394. The van der Waals surface area contributed by atoms with Gasteiger partial charge in [-0.15, -0.1) is 0 Å². The fourth-order valence-corrected chi connectivity index (χ4v) is 3.82. The number of carbonyl (C=O) groups excluding carboxylic acids is 2. The second-order valence-corrected chi connectivity index (χ2v) is 7.92. The van der Waals surface area contributed by atoms with Crippen LogP contribution in [0.3, 0.4) is 0 Å². The number of aromatic amines is 1. The van der Waals surface area contributed by atoms with Gasteiger partial charge in [0.2, 0.25) is 0 Å². The molecule has 162 valence electrons. The summed E-state index contributed by atoms with van der Waals surface area (Å²) >= 11 is 6.10. The Morgan fingerprint density at radius 3 is 2.94 bits per heavy atom. The van der Waals surface area contributed by atoms with Crippen molar-refractivity contribution in [1.82, 2.24) is 30.0 Å². The summed E-state index contributed by atoms with van der Waals surface area (Å²) in [6.45, 7) is 3.23. The van der Waals surface area contributed by atoms with Gasteiger partial charge in [-0.3, -0.25) is 14.7 Å². The third-order valence-electron chi connectivity index (χ3n) is 5.24. The van der Waals surface area contributed by atoms with Crippen molar-refractivity contribution in [3.63, 3.8) is 0 Å². The van der Waals surface area contributed by atoms with Gasteiger partial charge in [0.15, 0.2) is 11.4 Å². The predicted molar refractivity (Wildman–Crippen MR) is 114 cm³/mol. The average molecular weight is 443 g/mol. The fourth-order valence-electron chi connectivity index (χ4n) is 3.61. The lowest BCUT2D eigenvalue weighted by molar-refractivity contribution is 0.0730. The molecule has 0 fully saturated rings. The first-order chi connectivity index (χ1) is 14.9. The molecule has 31 heavy (non-hydrogen) atoms. The van der Waals surface area contributed by atoms with Gasteiger partial charge < -0.3 is 19.9 Å². The molecule has 1 aliphatic heterocycles. The minimum Gasteiger partial charge on any atom is -0.504 e. The molecule has 9 nitrogen and oxygen atoms in total. The van der Waals surface area contributed by atoms with E-state index in [0.29, 0.717) is 23.0 Å². The van der Waals surface area contributed by atoms with Crippen LogP contribution in [-0.4, -0.2) is 54.7 Å². The third-order valence-corrected chi connectivity index (χ3v) is 5.47. The summed E-state index contributed by atoms with van der Waals surface area (Å²) in [5.74, 6) is 0.0342. The summed E-state index contributed by atoms with van der Waals surface area (Å²) in [5, 5.41) is 19.5. The topological polar surface area (TPSA) is 116 Å². The number of nitrogens with zero attached hydrogens (tertiary/aromatic N) is 4. The van der Waals surface area contributed by atoms with Gasteiger partial charge in [-0.05, 0) is 31.0 Å². The van der Waals surface area contributed by atoms with E-state index in [9.17, 15) is 14.7 Å². The van der Waals surface area contributed by atoms with Gasteiger partial charge in [0.1, 0.15) is 17.2 Å². The predicted octanol–water partition coefficient (Wildman–Crippen LogP) is 2.29. The first kappa shape index (κ1) is 20.9. The zero-order valence-corrected chi connectivity index (χ0v) is 17.8. The third kappa shape index (κ3) is 4.56. The number of hydrogen-bond acceptors (Lipinski definition) is 5.